The summed E-state index contributed by atoms with van der Waals surface area (Å²) < 4.78 is 43.1. The summed E-state index contributed by atoms with van der Waals surface area (Å²) in [6.07, 6.45) is 6.52. The minimum absolute atomic E-state index is 0.102. The fourth-order valence-electron chi connectivity index (χ4n) is 4.54. The van der Waals surface area contributed by atoms with Crippen LogP contribution in [0, 0.1) is 11.7 Å². The highest BCUT2D eigenvalue weighted by atomic mass is 32.2. The van der Waals surface area contributed by atoms with E-state index in [0.717, 1.165) is 35.0 Å². The molecule has 1 saturated heterocycles. The number of hydrogen-bond acceptors (Lipinski definition) is 3. The predicted molar refractivity (Wildman–Crippen MR) is 117 cm³/mol. The van der Waals surface area contributed by atoms with Gasteiger partial charge in [-0.2, -0.15) is 9.40 Å². The Morgan fingerprint density at radius 1 is 1.13 bits per heavy atom. The Bertz CT molecular complexity index is 1310. The van der Waals surface area contributed by atoms with Gasteiger partial charge >= 0.3 is 0 Å². The molecule has 0 amide bonds. The molecule has 2 atom stereocenters. The largest absolute Gasteiger partial charge is 0.347 e. The van der Waals surface area contributed by atoms with Crippen molar-refractivity contribution in [3.8, 4) is 11.1 Å². The van der Waals surface area contributed by atoms with E-state index in [1.54, 1.807) is 10.5 Å². The molecule has 1 aliphatic rings. The highest BCUT2D eigenvalue weighted by molar-refractivity contribution is 7.89. The third-order valence-electron chi connectivity index (χ3n) is 6.08. The van der Waals surface area contributed by atoms with Crippen LogP contribution in [0.4, 0.5) is 4.39 Å². The van der Waals surface area contributed by atoms with Crippen LogP contribution in [0.5, 0.6) is 0 Å². The minimum atomic E-state index is -3.64. The number of hydrogen-bond donors (Lipinski definition) is 1. The fraction of sp³-hybridized carbons (Fsp3) is 0.261. The molecule has 4 aromatic rings. The van der Waals surface area contributed by atoms with Gasteiger partial charge in [-0.25, -0.2) is 12.8 Å². The van der Waals surface area contributed by atoms with Crippen LogP contribution >= 0.6 is 0 Å². The summed E-state index contributed by atoms with van der Waals surface area (Å²) in [5.74, 6) is -0.240. The van der Waals surface area contributed by atoms with Crippen molar-refractivity contribution in [3.05, 3.63) is 72.9 Å². The van der Waals surface area contributed by atoms with Crippen molar-refractivity contribution in [1.29, 1.82) is 0 Å². The standard InChI is InChI=1S/C23H23FN4O2S/c1-16-10-17(15-28(16)31(29,30)22-5-3-21(24)4-6-22)14-27-9-8-19-11-18(2-7-23(19)27)20-12-25-26-13-20/h2-9,11-13,16-17H,10,14-15H2,1H3,(H,25,26). The second-order valence-electron chi connectivity index (χ2n) is 8.21. The third-order valence-corrected chi connectivity index (χ3v) is 8.08. The monoisotopic (exact) mass is 438 g/mol. The van der Waals surface area contributed by atoms with Crippen LogP contribution in [-0.2, 0) is 16.6 Å². The molecule has 31 heavy (non-hydrogen) atoms. The molecule has 3 heterocycles. The van der Waals surface area contributed by atoms with Crippen molar-refractivity contribution in [2.45, 2.75) is 30.8 Å². The Kier molecular flexibility index (Phi) is 4.91. The van der Waals surface area contributed by atoms with Crippen molar-refractivity contribution in [2.24, 2.45) is 5.92 Å². The molecule has 160 valence electrons. The van der Waals surface area contributed by atoms with Gasteiger partial charge in [0.15, 0.2) is 0 Å². The lowest BCUT2D eigenvalue weighted by Gasteiger charge is -2.21. The Labute approximate surface area is 180 Å². The first-order valence-electron chi connectivity index (χ1n) is 10.3. The maximum Gasteiger partial charge on any atom is 0.243 e. The molecule has 1 N–H and O–H groups in total. The molecular weight excluding hydrogens is 415 g/mol. The maximum atomic E-state index is 13.2. The van der Waals surface area contributed by atoms with Crippen LogP contribution in [0.25, 0.3) is 22.0 Å². The lowest BCUT2D eigenvalue weighted by molar-refractivity contribution is 0.399. The van der Waals surface area contributed by atoms with E-state index in [9.17, 15) is 12.8 Å². The molecule has 0 aliphatic carbocycles. The Hall–Kier alpha value is -2.97. The Morgan fingerprint density at radius 2 is 1.94 bits per heavy atom. The summed E-state index contributed by atoms with van der Waals surface area (Å²) in [6, 6.07) is 13.3. The van der Waals surface area contributed by atoms with Crippen LogP contribution in [-0.4, -0.2) is 40.1 Å². The highest BCUT2D eigenvalue weighted by Crippen LogP contribution is 2.32. The average Bonchev–Trinajstić information content (AvgIpc) is 3.49. The smallest absolute Gasteiger partial charge is 0.243 e. The van der Waals surface area contributed by atoms with Gasteiger partial charge in [0.05, 0.1) is 11.1 Å². The summed E-state index contributed by atoms with van der Waals surface area (Å²) in [5.41, 5.74) is 3.27. The van der Waals surface area contributed by atoms with E-state index in [1.165, 1.54) is 24.3 Å². The van der Waals surface area contributed by atoms with Gasteiger partial charge < -0.3 is 4.57 Å². The highest BCUT2D eigenvalue weighted by Gasteiger charge is 2.38. The molecule has 1 aliphatic heterocycles. The number of halogens is 1. The second-order valence-corrected chi connectivity index (χ2v) is 10.1. The zero-order valence-corrected chi connectivity index (χ0v) is 17.9. The Balaban J connectivity index is 1.35. The molecule has 8 heteroatoms. The molecule has 0 saturated carbocycles. The average molecular weight is 439 g/mol. The summed E-state index contributed by atoms with van der Waals surface area (Å²) in [6.45, 7) is 3.13. The molecule has 2 aromatic heterocycles. The number of sulfonamides is 1. The van der Waals surface area contributed by atoms with Gasteiger partial charge in [0, 0.05) is 48.0 Å². The third kappa shape index (κ3) is 3.66. The molecule has 1 fully saturated rings. The predicted octanol–water partition coefficient (Wildman–Crippen LogP) is 4.27. The summed E-state index contributed by atoms with van der Waals surface area (Å²) in [5, 5.41) is 7.99. The number of aromatic amines is 1. The lowest BCUT2D eigenvalue weighted by atomic mass is 10.1. The van der Waals surface area contributed by atoms with E-state index in [1.807, 2.05) is 13.1 Å². The number of nitrogens with zero attached hydrogens (tertiary/aromatic N) is 3. The van der Waals surface area contributed by atoms with Gasteiger partial charge in [-0.1, -0.05) is 6.07 Å². The zero-order chi connectivity index (χ0) is 21.6. The van der Waals surface area contributed by atoms with E-state index in [4.69, 9.17) is 0 Å². The quantitative estimate of drug-likeness (QED) is 0.506. The number of fused-ring (bicyclic) bond motifs is 1. The zero-order valence-electron chi connectivity index (χ0n) is 17.1. The molecule has 0 bridgehead atoms. The van der Waals surface area contributed by atoms with E-state index >= 15 is 0 Å². The first-order chi connectivity index (χ1) is 14.9. The summed E-state index contributed by atoms with van der Waals surface area (Å²) in [4.78, 5) is 0.139. The SMILES string of the molecule is CC1CC(Cn2ccc3cc(-c4cn[nH]c4)ccc32)CN1S(=O)(=O)c1ccc(F)cc1. The van der Waals surface area contributed by atoms with Gasteiger partial charge in [0.25, 0.3) is 0 Å². The van der Waals surface area contributed by atoms with Crippen LogP contribution in [0.15, 0.2) is 72.0 Å². The number of nitrogens with one attached hydrogen (secondary N) is 1. The number of benzene rings is 2. The second kappa shape index (κ2) is 7.62. The molecule has 2 unspecified atom stereocenters. The number of rotatable bonds is 5. The first-order valence-corrected chi connectivity index (χ1v) is 11.7. The van der Waals surface area contributed by atoms with Crippen molar-refractivity contribution < 1.29 is 12.8 Å². The van der Waals surface area contributed by atoms with Crippen molar-refractivity contribution in [3.63, 3.8) is 0 Å². The van der Waals surface area contributed by atoms with Crippen molar-refractivity contribution in [1.82, 2.24) is 19.1 Å². The molecule has 0 spiro atoms. The van der Waals surface area contributed by atoms with Gasteiger partial charge in [0.1, 0.15) is 5.82 Å². The van der Waals surface area contributed by atoms with Crippen molar-refractivity contribution >= 4 is 20.9 Å². The van der Waals surface area contributed by atoms with Gasteiger partial charge in [0.2, 0.25) is 10.0 Å². The molecule has 6 nitrogen and oxygen atoms in total. The van der Waals surface area contributed by atoms with E-state index in [0.29, 0.717) is 6.54 Å². The van der Waals surface area contributed by atoms with Crippen molar-refractivity contribution in [2.75, 3.05) is 6.54 Å². The molecule has 5 rings (SSSR count). The van der Waals surface area contributed by atoms with Gasteiger partial charge in [-0.3, -0.25) is 5.10 Å². The minimum Gasteiger partial charge on any atom is -0.347 e. The topological polar surface area (TPSA) is 71.0 Å². The number of H-pyrrole nitrogens is 1. The normalized spacial score (nSPS) is 19.9. The van der Waals surface area contributed by atoms with E-state index < -0.39 is 15.8 Å². The van der Waals surface area contributed by atoms with Crippen LogP contribution in [0.1, 0.15) is 13.3 Å². The van der Waals surface area contributed by atoms with Crippen LogP contribution < -0.4 is 0 Å². The van der Waals surface area contributed by atoms with E-state index in [2.05, 4.69) is 45.2 Å². The summed E-state index contributed by atoms with van der Waals surface area (Å²) >= 11 is 0. The lowest BCUT2D eigenvalue weighted by Crippen LogP contribution is -2.34. The maximum absolute atomic E-state index is 13.2. The first kappa shape index (κ1) is 20.0. The van der Waals surface area contributed by atoms with Gasteiger partial charge in [-0.05, 0) is 67.3 Å². The van der Waals surface area contributed by atoms with E-state index in [-0.39, 0.29) is 16.9 Å². The molecular formula is C23H23FN4O2S. The van der Waals surface area contributed by atoms with Crippen LogP contribution in [0.3, 0.4) is 0 Å². The fourth-order valence-corrected chi connectivity index (χ4v) is 6.26. The number of aromatic nitrogens is 3. The molecule has 0 radical (unpaired) electrons. The molecule has 2 aromatic carbocycles. The Morgan fingerprint density at radius 3 is 2.68 bits per heavy atom. The summed E-state index contributed by atoms with van der Waals surface area (Å²) in [7, 11) is -3.64. The van der Waals surface area contributed by atoms with Crippen LogP contribution in [0.2, 0.25) is 0 Å². The van der Waals surface area contributed by atoms with Gasteiger partial charge in [-0.15, -0.1) is 0 Å².